The van der Waals surface area contributed by atoms with Gasteiger partial charge in [0.25, 0.3) is 0 Å². The predicted octanol–water partition coefficient (Wildman–Crippen LogP) is 4.80. The fraction of sp³-hybridized carbons (Fsp3) is 0.273. The van der Waals surface area contributed by atoms with Gasteiger partial charge in [0.1, 0.15) is 5.75 Å². The van der Waals surface area contributed by atoms with Gasteiger partial charge in [-0.25, -0.2) is 0 Å². The van der Waals surface area contributed by atoms with Crippen LogP contribution in [0.2, 0.25) is 0 Å². The van der Waals surface area contributed by atoms with Crippen molar-refractivity contribution < 1.29 is 9.53 Å². The van der Waals surface area contributed by atoms with E-state index >= 15 is 0 Å². The number of amides is 1. The summed E-state index contributed by atoms with van der Waals surface area (Å²) in [5, 5.41) is 4.29. The number of rotatable bonds is 3. The maximum Gasteiger partial charge on any atom is 0.224 e. The largest absolute Gasteiger partial charge is 0.493 e. The van der Waals surface area contributed by atoms with E-state index < -0.39 is 0 Å². The second kappa shape index (κ2) is 7.31. The number of pyridine rings is 1. The van der Waals surface area contributed by atoms with Crippen molar-refractivity contribution in [2.24, 2.45) is 0 Å². The number of fused-ring (bicyclic) bond motifs is 2. The number of carbonyl (C=O) groups is 1. The van der Waals surface area contributed by atoms with Gasteiger partial charge >= 0.3 is 0 Å². The fourth-order valence-corrected chi connectivity index (χ4v) is 4.13. The van der Waals surface area contributed by atoms with Crippen molar-refractivity contribution in [1.82, 2.24) is 10.3 Å². The average Bonchev–Trinajstić information content (AvgIpc) is 2.65. The fourth-order valence-electron chi connectivity index (χ4n) is 3.75. The second-order valence-corrected chi connectivity index (χ2v) is 7.85. The zero-order chi connectivity index (χ0) is 19.0. The van der Waals surface area contributed by atoms with Crippen LogP contribution in [0.5, 0.6) is 5.75 Å². The zero-order valence-corrected chi connectivity index (χ0v) is 17.0. The number of nitrogens with one attached hydrogen (secondary N) is 1. The normalized spacial score (nSPS) is 15.9. The molecule has 0 bridgehead atoms. The van der Waals surface area contributed by atoms with Gasteiger partial charge in [0.05, 0.1) is 24.6 Å². The van der Waals surface area contributed by atoms with Gasteiger partial charge in [0.2, 0.25) is 5.91 Å². The number of hydrogen-bond acceptors (Lipinski definition) is 3. The third-order valence-electron chi connectivity index (χ3n) is 5.17. The Balaban J connectivity index is 1.58. The minimum absolute atomic E-state index is 0.0103. The van der Waals surface area contributed by atoms with E-state index in [1.165, 1.54) is 0 Å². The number of aromatic nitrogens is 1. The molecule has 27 heavy (non-hydrogen) atoms. The first-order chi connectivity index (χ1) is 13.0. The Morgan fingerprint density at radius 1 is 1.26 bits per heavy atom. The van der Waals surface area contributed by atoms with E-state index in [9.17, 15) is 4.79 Å². The molecule has 3 aromatic rings. The number of aryl methyl sites for hydroxylation is 2. The first kappa shape index (κ1) is 18.0. The highest BCUT2D eigenvalue weighted by molar-refractivity contribution is 9.10. The third kappa shape index (κ3) is 3.56. The number of carbonyl (C=O) groups excluding carboxylic acids is 1. The minimum Gasteiger partial charge on any atom is -0.493 e. The Morgan fingerprint density at radius 2 is 2.07 bits per heavy atom. The van der Waals surface area contributed by atoms with Crippen LogP contribution in [0.15, 0.2) is 46.9 Å². The van der Waals surface area contributed by atoms with Gasteiger partial charge in [0.15, 0.2) is 0 Å². The number of para-hydroxylation sites is 1. The molecule has 138 valence electrons. The van der Waals surface area contributed by atoms with Crippen molar-refractivity contribution in [1.29, 1.82) is 0 Å². The van der Waals surface area contributed by atoms with Crippen LogP contribution < -0.4 is 10.1 Å². The lowest BCUT2D eigenvalue weighted by molar-refractivity contribution is -0.121. The molecule has 2 heterocycles. The molecule has 0 spiro atoms. The van der Waals surface area contributed by atoms with Gasteiger partial charge < -0.3 is 10.1 Å². The minimum atomic E-state index is -0.0345. The monoisotopic (exact) mass is 424 g/mol. The summed E-state index contributed by atoms with van der Waals surface area (Å²) in [7, 11) is 0. The summed E-state index contributed by atoms with van der Waals surface area (Å²) in [5.74, 6) is 0.852. The van der Waals surface area contributed by atoms with Crippen LogP contribution in [0.4, 0.5) is 0 Å². The summed E-state index contributed by atoms with van der Waals surface area (Å²) in [6.07, 6.45) is 1.10. The maximum atomic E-state index is 12.8. The second-order valence-electron chi connectivity index (χ2n) is 6.93. The first-order valence-corrected chi connectivity index (χ1v) is 9.88. The van der Waals surface area contributed by atoms with Crippen molar-refractivity contribution in [2.45, 2.75) is 32.7 Å². The van der Waals surface area contributed by atoms with E-state index in [0.29, 0.717) is 13.0 Å². The van der Waals surface area contributed by atoms with Crippen LogP contribution in [-0.4, -0.2) is 17.5 Å². The highest BCUT2D eigenvalue weighted by Gasteiger charge is 2.24. The molecule has 2 aromatic carbocycles. The quantitative estimate of drug-likeness (QED) is 0.656. The molecule has 5 heteroatoms. The highest BCUT2D eigenvalue weighted by atomic mass is 79.9. The highest BCUT2D eigenvalue weighted by Crippen LogP contribution is 2.34. The lowest BCUT2D eigenvalue weighted by Gasteiger charge is -2.27. The van der Waals surface area contributed by atoms with Gasteiger partial charge in [-0.15, -0.1) is 0 Å². The Kier molecular flexibility index (Phi) is 4.87. The lowest BCUT2D eigenvalue weighted by Crippen LogP contribution is -2.33. The van der Waals surface area contributed by atoms with E-state index in [0.717, 1.165) is 49.9 Å². The molecular formula is C22H21BrN2O2. The Bertz CT molecular complexity index is 1030. The van der Waals surface area contributed by atoms with Crippen LogP contribution in [0.25, 0.3) is 10.9 Å². The summed E-state index contributed by atoms with van der Waals surface area (Å²) in [6, 6.07) is 14.0. The Hall–Kier alpha value is -2.40. The van der Waals surface area contributed by atoms with E-state index in [1.807, 2.05) is 43.3 Å². The van der Waals surface area contributed by atoms with Gasteiger partial charge in [-0.2, -0.15) is 0 Å². The molecule has 4 nitrogen and oxygen atoms in total. The summed E-state index contributed by atoms with van der Waals surface area (Å²) >= 11 is 3.50. The van der Waals surface area contributed by atoms with Crippen molar-refractivity contribution in [3.63, 3.8) is 0 Å². The maximum absolute atomic E-state index is 12.8. The third-order valence-corrected chi connectivity index (χ3v) is 5.66. The van der Waals surface area contributed by atoms with Gasteiger partial charge in [-0.3, -0.25) is 9.78 Å². The molecular weight excluding hydrogens is 404 g/mol. The Morgan fingerprint density at radius 3 is 2.93 bits per heavy atom. The SMILES string of the molecule is Cc1nc2ccccc2c(C)c1CC(=O)NC1CCOc2ccc(Br)cc21. The molecule has 1 amide bonds. The van der Waals surface area contributed by atoms with Crippen molar-refractivity contribution >= 4 is 32.7 Å². The van der Waals surface area contributed by atoms with Crippen molar-refractivity contribution in [2.75, 3.05) is 6.61 Å². The first-order valence-electron chi connectivity index (χ1n) is 9.09. The van der Waals surface area contributed by atoms with E-state index in [4.69, 9.17) is 4.74 Å². The van der Waals surface area contributed by atoms with E-state index in [1.54, 1.807) is 0 Å². The van der Waals surface area contributed by atoms with Crippen LogP contribution >= 0.6 is 15.9 Å². The van der Waals surface area contributed by atoms with Crippen molar-refractivity contribution in [3.05, 3.63) is 69.3 Å². The number of nitrogens with zero attached hydrogens (tertiary/aromatic N) is 1. The summed E-state index contributed by atoms with van der Waals surface area (Å²) in [6.45, 7) is 4.65. The number of hydrogen-bond donors (Lipinski definition) is 1. The van der Waals surface area contributed by atoms with Crippen molar-refractivity contribution in [3.8, 4) is 5.75 Å². The molecule has 0 saturated heterocycles. The van der Waals surface area contributed by atoms with Gasteiger partial charge in [-0.1, -0.05) is 34.1 Å². The molecule has 1 aliphatic heterocycles. The summed E-state index contributed by atoms with van der Waals surface area (Å²) in [4.78, 5) is 17.5. The molecule has 0 fully saturated rings. The zero-order valence-electron chi connectivity index (χ0n) is 15.4. The number of halogens is 1. The van der Waals surface area contributed by atoms with Crippen LogP contribution in [0.1, 0.15) is 34.8 Å². The molecule has 1 aliphatic rings. The number of benzene rings is 2. The van der Waals surface area contributed by atoms with E-state index in [-0.39, 0.29) is 11.9 Å². The predicted molar refractivity (Wildman–Crippen MR) is 110 cm³/mol. The molecule has 1 atom stereocenters. The number of ether oxygens (including phenoxy) is 1. The van der Waals surface area contributed by atoms with Crippen LogP contribution in [-0.2, 0) is 11.2 Å². The van der Waals surface area contributed by atoms with Gasteiger partial charge in [-0.05, 0) is 49.2 Å². The molecule has 1 N–H and O–H groups in total. The van der Waals surface area contributed by atoms with Crippen LogP contribution in [0.3, 0.4) is 0 Å². The molecule has 0 radical (unpaired) electrons. The molecule has 0 aliphatic carbocycles. The Labute approximate surface area is 167 Å². The van der Waals surface area contributed by atoms with Gasteiger partial charge in [0, 0.05) is 27.5 Å². The summed E-state index contributed by atoms with van der Waals surface area (Å²) in [5.41, 5.74) is 5.04. The molecule has 0 saturated carbocycles. The molecule has 1 aromatic heterocycles. The van der Waals surface area contributed by atoms with Crippen LogP contribution in [0, 0.1) is 13.8 Å². The molecule has 4 rings (SSSR count). The lowest BCUT2D eigenvalue weighted by atomic mass is 9.97. The molecule has 1 unspecified atom stereocenters. The standard InChI is InChI=1S/C22H21BrN2O2/c1-13-16-5-3-4-6-19(16)24-14(2)17(13)12-22(26)25-20-9-10-27-21-8-7-15(23)11-18(20)21/h3-8,11,20H,9-10,12H2,1-2H3,(H,25,26). The smallest absolute Gasteiger partial charge is 0.224 e. The summed E-state index contributed by atoms with van der Waals surface area (Å²) < 4.78 is 6.70. The average molecular weight is 425 g/mol. The van der Waals surface area contributed by atoms with E-state index in [2.05, 4.69) is 39.2 Å². The topological polar surface area (TPSA) is 51.2 Å².